The second-order valence-corrected chi connectivity index (χ2v) is 4.82. The van der Waals surface area contributed by atoms with Crippen molar-refractivity contribution < 1.29 is 4.74 Å². The lowest BCUT2D eigenvalue weighted by molar-refractivity contribution is 0.363. The lowest BCUT2D eigenvalue weighted by atomic mass is 10.2. The predicted octanol–water partition coefficient (Wildman–Crippen LogP) is 4.03. The van der Waals surface area contributed by atoms with Gasteiger partial charge in [-0.1, -0.05) is 36.4 Å². The van der Waals surface area contributed by atoms with E-state index in [4.69, 9.17) is 16.3 Å². The van der Waals surface area contributed by atoms with Gasteiger partial charge < -0.3 is 10.2 Å². The van der Waals surface area contributed by atoms with Crippen LogP contribution in [0.25, 0.3) is 0 Å². The average molecular weight is 301 g/mol. The van der Waals surface area contributed by atoms with Crippen molar-refractivity contribution in [1.82, 2.24) is 5.43 Å². The maximum Gasteiger partial charge on any atom is 0.119 e. The fourth-order valence-electron chi connectivity index (χ4n) is 1.66. The summed E-state index contributed by atoms with van der Waals surface area (Å²) in [6.45, 7) is 4.78. The Kier molecular flexibility index (Phi) is 5.85. The van der Waals surface area contributed by atoms with Crippen molar-refractivity contribution in [1.29, 1.82) is 0 Å². The first-order valence-electron chi connectivity index (χ1n) is 6.62. The van der Waals surface area contributed by atoms with Crippen molar-refractivity contribution >= 4 is 17.8 Å². The van der Waals surface area contributed by atoms with Gasteiger partial charge >= 0.3 is 0 Å². The minimum Gasteiger partial charge on any atom is -0.490 e. The molecule has 0 fully saturated rings. The first-order valence-corrected chi connectivity index (χ1v) is 7.00. The number of ether oxygens (including phenoxy) is 1. The SMILES string of the molecule is C=CCOc1ccc(/C=N\NCc2ccc(Cl)cc2)cc1. The highest BCUT2D eigenvalue weighted by atomic mass is 35.5. The number of nitrogens with zero attached hydrogens (tertiary/aromatic N) is 1. The molecule has 0 aliphatic rings. The van der Waals surface area contributed by atoms with Crippen molar-refractivity contribution in [3.63, 3.8) is 0 Å². The maximum atomic E-state index is 5.83. The molecule has 21 heavy (non-hydrogen) atoms. The van der Waals surface area contributed by atoms with Gasteiger partial charge in [0.05, 0.1) is 12.8 Å². The standard InChI is InChI=1S/C17H17ClN2O/c1-2-11-21-17-9-5-15(6-10-17)13-20-19-12-14-3-7-16(18)8-4-14/h2-10,13,19H,1,11-12H2/b20-13-. The number of halogens is 1. The minimum absolute atomic E-state index is 0.510. The van der Waals surface area contributed by atoms with E-state index in [1.807, 2.05) is 48.5 Å². The molecular formula is C17H17ClN2O. The summed E-state index contributed by atoms with van der Waals surface area (Å²) < 4.78 is 5.41. The van der Waals surface area contributed by atoms with Gasteiger partial charge in [0.1, 0.15) is 12.4 Å². The molecule has 0 heterocycles. The molecule has 0 aliphatic carbocycles. The van der Waals surface area contributed by atoms with E-state index >= 15 is 0 Å². The van der Waals surface area contributed by atoms with Crippen LogP contribution >= 0.6 is 11.6 Å². The topological polar surface area (TPSA) is 33.6 Å². The lowest BCUT2D eigenvalue weighted by Crippen LogP contribution is -2.05. The average Bonchev–Trinajstić information content (AvgIpc) is 2.52. The summed E-state index contributed by atoms with van der Waals surface area (Å²) in [5, 5.41) is 4.92. The molecule has 0 saturated carbocycles. The van der Waals surface area contributed by atoms with E-state index in [2.05, 4.69) is 17.1 Å². The molecule has 0 radical (unpaired) electrons. The van der Waals surface area contributed by atoms with E-state index in [-0.39, 0.29) is 0 Å². The molecule has 0 atom stereocenters. The van der Waals surface area contributed by atoms with Crippen LogP contribution in [0.1, 0.15) is 11.1 Å². The highest BCUT2D eigenvalue weighted by Gasteiger charge is 1.93. The smallest absolute Gasteiger partial charge is 0.119 e. The van der Waals surface area contributed by atoms with Gasteiger partial charge in [-0.15, -0.1) is 0 Å². The van der Waals surface area contributed by atoms with E-state index < -0.39 is 0 Å². The third kappa shape index (κ3) is 5.32. The number of nitrogens with one attached hydrogen (secondary N) is 1. The molecule has 0 spiro atoms. The molecule has 2 rings (SSSR count). The van der Waals surface area contributed by atoms with Gasteiger partial charge in [0.15, 0.2) is 0 Å². The van der Waals surface area contributed by atoms with Gasteiger partial charge in [0, 0.05) is 5.02 Å². The zero-order valence-electron chi connectivity index (χ0n) is 11.6. The first-order chi connectivity index (χ1) is 10.3. The molecule has 3 nitrogen and oxygen atoms in total. The Bertz CT molecular complexity index is 591. The van der Waals surface area contributed by atoms with Crippen LogP contribution in [-0.4, -0.2) is 12.8 Å². The molecule has 0 unspecified atom stereocenters. The third-order valence-electron chi connectivity index (χ3n) is 2.75. The second-order valence-electron chi connectivity index (χ2n) is 4.39. The molecule has 0 bridgehead atoms. The molecule has 108 valence electrons. The molecule has 0 saturated heterocycles. The van der Waals surface area contributed by atoms with Gasteiger partial charge in [-0.2, -0.15) is 5.10 Å². The fourth-order valence-corrected chi connectivity index (χ4v) is 1.79. The van der Waals surface area contributed by atoms with Crippen LogP contribution in [0, 0.1) is 0 Å². The fraction of sp³-hybridized carbons (Fsp3) is 0.118. The lowest BCUT2D eigenvalue weighted by Gasteiger charge is -2.03. The van der Waals surface area contributed by atoms with Gasteiger partial charge in [0.2, 0.25) is 0 Å². The summed E-state index contributed by atoms with van der Waals surface area (Å²) in [5.74, 6) is 0.821. The monoisotopic (exact) mass is 300 g/mol. The van der Waals surface area contributed by atoms with Crippen molar-refractivity contribution in [3.05, 3.63) is 77.3 Å². The van der Waals surface area contributed by atoms with E-state index in [1.165, 1.54) is 0 Å². The van der Waals surface area contributed by atoms with Crippen molar-refractivity contribution in [3.8, 4) is 5.75 Å². The van der Waals surface area contributed by atoms with E-state index in [0.29, 0.717) is 13.2 Å². The maximum absolute atomic E-state index is 5.83. The molecule has 4 heteroatoms. The molecular weight excluding hydrogens is 284 g/mol. The Hall–Kier alpha value is -2.26. The number of benzene rings is 2. The normalized spacial score (nSPS) is 10.5. The van der Waals surface area contributed by atoms with Crippen LogP contribution in [0.5, 0.6) is 5.75 Å². The van der Waals surface area contributed by atoms with Crippen molar-refractivity contribution in [2.45, 2.75) is 6.54 Å². The van der Waals surface area contributed by atoms with Crippen LogP contribution in [0.15, 0.2) is 66.3 Å². The molecule has 2 aromatic rings. The summed E-state index contributed by atoms with van der Waals surface area (Å²) in [6.07, 6.45) is 3.49. The summed E-state index contributed by atoms with van der Waals surface area (Å²) in [7, 11) is 0. The number of hydrazone groups is 1. The van der Waals surface area contributed by atoms with Crippen LogP contribution in [0.2, 0.25) is 5.02 Å². The summed E-state index contributed by atoms with van der Waals surface area (Å²) in [5.41, 5.74) is 5.13. The zero-order chi connectivity index (χ0) is 14.9. The number of hydrogen-bond donors (Lipinski definition) is 1. The highest BCUT2D eigenvalue weighted by Crippen LogP contribution is 2.11. The molecule has 1 N–H and O–H groups in total. The van der Waals surface area contributed by atoms with E-state index in [1.54, 1.807) is 12.3 Å². The largest absolute Gasteiger partial charge is 0.490 e. The number of hydrogen-bond acceptors (Lipinski definition) is 3. The van der Waals surface area contributed by atoms with Crippen molar-refractivity contribution in [2.75, 3.05) is 6.61 Å². The van der Waals surface area contributed by atoms with E-state index in [0.717, 1.165) is 21.9 Å². The Balaban J connectivity index is 1.81. The Labute approximate surface area is 129 Å². The minimum atomic E-state index is 0.510. The van der Waals surface area contributed by atoms with Crippen LogP contribution in [-0.2, 0) is 6.54 Å². The molecule has 2 aromatic carbocycles. The first kappa shape index (κ1) is 15.1. The molecule has 0 amide bonds. The van der Waals surface area contributed by atoms with Gasteiger partial charge in [-0.3, -0.25) is 0 Å². The summed E-state index contributed by atoms with van der Waals surface area (Å²) in [4.78, 5) is 0. The quantitative estimate of drug-likeness (QED) is 0.476. The predicted molar refractivity (Wildman–Crippen MR) is 88.0 cm³/mol. The van der Waals surface area contributed by atoms with Crippen LogP contribution in [0.4, 0.5) is 0 Å². The Morgan fingerprint density at radius 3 is 2.48 bits per heavy atom. The Morgan fingerprint density at radius 2 is 1.81 bits per heavy atom. The molecule has 0 aromatic heterocycles. The van der Waals surface area contributed by atoms with Gasteiger partial charge in [-0.25, -0.2) is 0 Å². The molecule has 0 aliphatic heterocycles. The summed E-state index contributed by atoms with van der Waals surface area (Å²) >= 11 is 5.83. The second kappa shape index (κ2) is 8.12. The summed E-state index contributed by atoms with van der Waals surface area (Å²) in [6, 6.07) is 15.4. The van der Waals surface area contributed by atoms with Gasteiger partial charge in [-0.05, 0) is 47.5 Å². The highest BCUT2D eigenvalue weighted by molar-refractivity contribution is 6.30. The van der Waals surface area contributed by atoms with Crippen LogP contribution in [0.3, 0.4) is 0 Å². The van der Waals surface area contributed by atoms with Crippen LogP contribution < -0.4 is 10.2 Å². The number of rotatable bonds is 7. The van der Waals surface area contributed by atoms with Crippen molar-refractivity contribution in [2.24, 2.45) is 5.10 Å². The zero-order valence-corrected chi connectivity index (χ0v) is 12.4. The third-order valence-corrected chi connectivity index (χ3v) is 3.00. The van der Waals surface area contributed by atoms with E-state index in [9.17, 15) is 0 Å². The van der Waals surface area contributed by atoms with Gasteiger partial charge in [0.25, 0.3) is 0 Å². The Morgan fingerprint density at radius 1 is 1.10 bits per heavy atom.